The van der Waals surface area contributed by atoms with Gasteiger partial charge in [0.25, 0.3) is 0 Å². The van der Waals surface area contributed by atoms with Crippen LogP contribution in [0, 0.1) is 6.92 Å². The molecule has 0 radical (unpaired) electrons. The van der Waals surface area contributed by atoms with Gasteiger partial charge in [-0.25, -0.2) is 0 Å². The molecule has 0 aliphatic carbocycles. The highest BCUT2D eigenvalue weighted by Gasteiger charge is 2.34. The maximum absolute atomic E-state index is 4.88. The molecule has 6 rings (SSSR count). The number of aryl methyl sites for hydroxylation is 1. The summed E-state index contributed by atoms with van der Waals surface area (Å²) in [7, 11) is 0. The summed E-state index contributed by atoms with van der Waals surface area (Å²) in [5, 5.41) is 0. The van der Waals surface area contributed by atoms with Gasteiger partial charge in [0.15, 0.2) is 0 Å². The average molecular weight is 401 g/mol. The molecule has 0 saturated carbocycles. The zero-order valence-corrected chi connectivity index (χ0v) is 17.8. The molecule has 1 unspecified atom stereocenters. The molecule has 1 aromatic heterocycles. The molecule has 3 heterocycles. The van der Waals surface area contributed by atoms with Crippen LogP contribution in [0.3, 0.4) is 0 Å². The molecule has 3 aromatic carbocycles. The maximum atomic E-state index is 4.88. The third kappa shape index (κ3) is 2.75. The first-order chi connectivity index (χ1) is 15.2. The zero-order valence-electron chi connectivity index (χ0n) is 17.8. The van der Waals surface area contributed by atoms with Crippen LogP contribution in [0.1, 0.15) is 41.3 Å². The average Bonchev–Trinajstić information content (AvgIpc) is 3.46. The van der Waals surface area contributed by atoms with Crippen molar-refractivity contribution in [3.05, 3.63) is 119 Å². The van der Waals surface area contributed by atoms with Gasteiger partial charge in [0, 0.05) is 11.3 Å². The number of aliphatic imine (C=N–C) groups is 1. The molecule has 2 nitrogen and oxygen atoms in total. The molecule has 2 heteroatoms. The molecule has 4 aromatic rings. The number of hydrogen-bond acceptors (Lipinski definition) is 1. The standard InChI is InChI=1S/C29H24N2/c1-19-18-27-23-13-7-9-15-25(23)29(31(27)28(19)21-10-4-3-5-11-21)24-14-8-6-12-22(24)26-17-16-20(2)30-26/h3-18,26,29H,1-2H3/t26?,29-/m0/s1. The normalized spacial score (nSPS) is 18.7. The lowest BCUT2D eigenvalue weighted by molar-refractivity contribution is 0.708. The molecule has 2 aliphatic heterocycles. The number of hydrogen-bond donors (Lipinski definition) is 0. The van der Waals surface area contributed by atoms with Crippen molar-refractivity contribution in [3.8, 4) is 22.5 Å². The minimum atomic E-state index is 0.0873. The van der Waals surface area contributed by atoms with Gasteiger partial charge in [-0.05, 0) is 53.8 Å². The van der Waals surface area contributed by atoms with Crippen molar-refractivity contribution in [1.29, 1.82) is 0 Å². The van der Waals surface area contributed by atoms with Crippen molar-refractivity contribution in [2.24, 2.45) is 4.99 Å². The fourth-order valence-corrected chi connectivity index (χ4v) is 5.24. The number of nitrogens with zero attached hydrogens (tertiary/aromatic N) is 2. The van der Waals surface area contributed by atoms with Gasteiger partial charge < -0.3 is 4.57 Å². The van der Waals surface area contributed by atoms with Gasteiger partial charge in [-0.15, -0.1) is 0 Å². The van der Waals surface area contributed by atoms with E-state index in [1.165, 1.54) is 44.8 Å². The van der Waals surface area contributed by atoms with Gasteiger partial charge in [0.2, 0.25) is 0 Å². The van der Waals surface area contributed by atoms with E-state index in [0.717, 1.165) is 5.71 Å². The summed E-state index contributed by atoms with van der Waals surface area (Å²) in [5.74, 6) is 0. The number of benzene rings is 3. The summed E-state index contributed by atoms with van der Waals surface area (Å²) >= 11 is 0. The number of aromatic nitrogens is 1. The lowest BCUT2D eigenvalue weighted by Crippen LogP contribution is -2.12. The number of rotatable bonds is 3. The fourth-order valence-electron chi connectivity index (χ4n) is 5.24. The van der Waals surface area contributed by atoms with Crippen LogP contribution in [-0.2, 0) is 0 Å². The molecule has 0 saturated heterocycles. The minimum absolute atomic E-state index is 0.0873. The van der Waals surface area contributed by atoms with Crippen molar-refractivity contribution in [1.82, 2.24) is 4.57 Å². The van der Waals surface area contributed by atoms with E-state index in [9.17, 15) is 0 Å². The molecule has 31 heavy (non-hydrogen) atoms. The molecule has 2 aliphatic rings. The van der Waals surface area contributed by atoms with E-state index in [-0.39, 0.29) is 12.1 Å². The van der Waals surface area contributed by atoms with E-state index < -0.39 is 0 Å². The largest absolute Gasteiger partial charge is 0.328 e. The van der Waals surface area contributed by atoms with Gasteiger partial charge in [-0.3, -0.25) is 4.99 Å². The Morgan fingerprint density at radius 3 is 2.16 bits per heavy atom. The molecule has 0 amide bonds. The number of fused-ring (bicyclic) bond motifs is 3. The molecular formula is C29H24N2. The molecule has 0 fully saturated rings. The highest BCUT2D eigenvalue weighted by molar-refractivity contribution is 5.95. The molecule has 0 bridgehead atoms. The second kappa shape index (κ2) is 6.95. The van der Waals surface area contributed by atoms with Crippen molar-refractivity contribution in [2.45, 2.75) is 25.9 Å². The van der Waals surface area contributed by atoms with Crippen molar-refractivity contribution >= 4 is 5.71 Å². The lowest BCUT2D eigenvalue weighted by Gasteiger charge is -2.24. The van der Waals surface area contributed by atoms with Gasteiger partial charge in [-0.1, -0.05) is 84.9 Å². The summed E-state index contributed by atoms with van der Waals surface area (Å²) in [6.07, 6.45) is 4.35. The van der Waals surface area contributed by atoms with Crippen LogP contribution in [0.5, 0.6) is 0 Å². The van der Waals surface area contributed by atoms with Gasteiger partial charge in [0.1, 0.15) is 0 Å². The topological polar surface area (TPSA) is 17.3 Å². The van der Waals surface area contributed by atoms with E-state index in [1.54, 1.807) is 0 Å². The first-order valence-electron chi connectivity index (χ1n) is 10.9. The Kier molecular flexibility index (Phi) is 4.07. The Morgan fingerprint density at radius 1 is 0.742 bits per heavy atom. The summed E-state index contributed by atoms with van der Waals surface area (Å²) < 4.78 is 2.55. The quantitative estimate of drug-likeness (QED) is 0.306. The van der Waals surface area contributed by atoms with E-state index >= 15 is 0 Å². The summed E-state index contributed by atoms with van der Waals surface area (Å²) in [4.78, 5) is 4.88. The van der Waals surface area contributed by atoms with Crippen LogP contribution in [0.15, 0.2) is 102 Å². The Balaban J connectivity index is 1.63. The van der Waals surface area contributed by atoms with Crippen LogP contribution in [0.4, 0.5) is 0 Å². The zero-order chi connectivity index (χ0) is 20.9. The third-order valence-electron chi connectivity index (χ3n) is 6.54. The highest BCUT2D eigenvalue weighted by Crippen LogP contribution is 2.49. The Labute approximate surface area is 183 Å². The van der Waals surface area contributed by atoms with Crippen LogP contribution >= 0.6 is 0 Å². The van der Waals surface area contributed by atoms with Gasteiger partial charge in [-0.2, -0.15) is 0 Å². The Hall–Kier alpha value is -3.65. The van der Waals surface area contributed by atoms with Crippen molar-refractivity contribution in [2.75, 3.05) is 0 Å². The number of allylic oxidation sites excluding steroid dienone is 1. The first-order valence-corrected chi connectivity index (χ1v) is 10.9. The van der Waals surface area contributed by atoms with E-state index in [1.807, 2.05) is 0 Å². The molecule has 0 N–H and O–H groups in total. The van der Waals surface area contributed by atoms with Crippen LogP contribution in [0.25, 0.3) is 22.5 Å². The van der Waals surface area contributed by atoms with E-state index in [0.29, 0.717) is 0 Å². The maximum Gasteiger partial charge on any atom is 0.0940 e. The predicted molar refractivity (Wildman–Crippen MR) is 129 cm³/mol. The lowest BCUT2D eigenvalue weighted by atomic mass is 9.90. The van der Waals surface area contributed by atoms with E-state index in [4.69, 9.17) is 4.99 Å². The molecule has 0 spiro atoms. The van der Waals surface area contributed by atoms with Crippen LogP contribution in [0.2, 0.25) is 0 Å². The fraction of sp³-hybridized carbons (Fsp3) is 0.138. The molecular weight excluding hydrogens is 376 g/mol. The first kappa shape index (κ1) is 18.1. The smallest absolute Gasteiger partial charge is 0.0940 e. The molecule has 150 valence electrons. The monoisotopic (exact) mass is 400 g/mol. The van der Waals surface area contributed by atoms with Crippen LogP contribution in [-0.4, -0.2) is 10.3 Å². The van der Waals surface area contributed by atoms with Gasteiger partial charge >= 0.3 is 0 Å². The van der Waals surface area contributed by atoms with E-state index in [2.05, 4.69) is 115 Å². The Morgan fingerprint density at radius 2 is 1.42 bits per heavy atom. The summed E-state index contributed by atoms with van der Waals surface area (Å²) in [5.41, 5.74) is 11.6. The summed E-state index contributed by atoms with van der Waals surface area (Å²) in [6.45, 7) is 4.30. The highest BCUT2D eigenvalue weighted by atomic mass is 15.1. The summed E-state index contributed by atoms with van der Waals surface area (Å²) in [6, 6.07) is 31.0. The molecule has 2 atom stereocenters. The van der Waals surface area contributed by atoms with Crippen LogP contribution < -0.4 is 0 Å². The van der Waals surface area contributed by atoms with Crippen molar-refractivity contribution < 1.29 is 0 Å². The predicted octanol–water partition coefficient (Wildman–Crippen LogP) is 7.15. The Bertz CT molecular complexity index is 1350. The van der Waals surface area contributed by atoms with Crippen molar-refractivity contribution in [3.63, 3.8) is 0 Å². The SMILES string of the molecule is CC1=NC(c2ccccc2[C@H]2c3ccccc3-c3cc(C)c(-c4ccccc4)n32)C=C1. The van der Waals surface area contributed by atoms with Gasteiger partial charge in [0.05, 0.1) is 23.5 Å². The second-order valence-electron chi connectivity index (χ2n) is 8.49. The second-order valence-corrected chi connectivity index (χ2v) is 8.49. The third-order valence-corrected chi connectivity index (χ3v) is 6.54. The minimum Gasteiger partial charge on any atom is -0.328 e.